The first-order chi connectivity index (χ1) is 10.6. The average Bonchev–Trinajstić information content (AvgIpc) is 2.81. The molecule has 8 heteroatoms. The molecule has 0 bridgehead atoms. The smallest absolute Gasteiger partial charge is 0.435 e. The molecule has 2 rings (SSSR count). The zero-order chi connectivity index (χ0) is 17.3. The van der Waals surface area contributed by atoms with E-state index >= 15 is 0 Å². The van der Waals surface area contributed by atoms with Crippen molar-refractivity contribution in [2.75, 3.05) is 5.32 Å². The Kier molecular flexibility index (Phi) is 4.35. The summed E-state index contributed by atoms with van der Waals surface area (Å²) >= 11 is 0. The maximum atomic E-state index is 13.4. The van der Waals surface area contributed by atoms with Crippen LogP contribution in [-0.2, 0) is 10.9 Å². The van der Waals surface area contributed by atoms with Crippen molar-refractivity contribution < 1.29 is 22.7 Å². The summed E-state index contributed by atoms with van der Waals surface area (Å²) in [7, 11) is 0. The molecule has 0 radical (unpaired) electrons. The van der Waals surface area contributed by atoms with Gasteiger partial charge in [0.1, 0.15) is 5.60 Å². The second-order valence-electron chi connectivity index (χ2n) is 5.78. The van der Waals surface area contributed by atoms with Gasteiger partial charge in [0.15, 0.2) is 5.69 Å². The summed E-state index contributed by atoms with van der Waals surface area (Å²) in [6.07, 6.45) is -4.73. The Morgan fingerprint density at radius 1 is 1.17 bits per heavy atom. The first-order valence-corrected chi connectivity index (χ1v) is 6.78. The van der Waals surface area contributed by atoms with Gasteiger partial charge in [0.05, 0.1) is 17.6 Å². The van der Waals surface area contributed by atoms with E-state index in [9.17, 15) is 18.0 Å². The van der Waals surface area contributed by atoms with Crippen molar-refractivity contribution in [3.05, 3.63) is 42.2 Å². The number of hydrogen-bond acceptors (Lipinski definition) is 3. The minimum absolute atomic E-state index is 0.233. The molecule has 0 aliphatic carbocycles. The molecule has 0 saturated heterocycles. The molecule has 0 fully saturated rings. The van der Waals surface area contributed by atoms with Crippen LogP contribution in [0.3, 0.4) is 0 Å². The number of halogens is 3. The largest absolute Gasteiger partial charge is 0.444 e. The van der Waals surface area contributed by atoms with Crippen LogP contribution in [0, 0.1) is 0 Å². The van der Waals surface area contributed by atoms with E-state index in [0.29, 0.717) is 0 Å². The molecule has 0 saturated carbocycles. The van der Waals surface area contributed by atoms with Gasteiger partial charge in [-0.25, -0.2) is 9.48 Å². The third kappa shape index (κ3) is 4.24. The number of benzene rings is 1. The van der Waals surface area contributed by atoms with Gasteiger partial charge in [0.25, 0.3) is 0 Å². The molecule has 124 valence electrons. The number of rotatable bonds is 2. The van der Waals surface area contributed by atoms with Gasteiger partial charge in [0.2, 0.25) is 0 Å². The van der Waals surface area contributed by atoms with Crippen molar-refractivity contribution in [2.24, 2.45) is 0 Å². The lowest BCUT2D eigenvalue weighted by Crippen LogP contribution is -2.28. The average molecular weight is 327 g/mol. The van der Waals surface area contributed by atoms with Crippen LogP contribution in [0.4, 0.5) is 23.7 Å². The van der Waals surface area contributed by atoms with Crippen molar-refractivity contribution in [3.8, 4) is 5.69 Å². The standard InChI is InChI=1S/C15H16F3N3O2/c1-14(2,3)23-13(22)20-11-9-19-21(12(11)15(16,17)18)10-7-5-4-6-8-10/h4-9H,1-3H3,(H,20,22). The van der Waals surface area contributed by atoms with Crippen LogP contribution in [-0.4, -0.2) is 21.5 Å². The SMILES string of the molecule is CC(C)(C)OC(=O)Nc1cnn(-c2ccccc2)c1C(F)(F)F. The zero-order valence-corrected chi connectivity index (χ0v) is 12.8. The minimum atomic E-state index is -4.70. The number of hydrogen-bond donors (Lipinski definition) is 1. The third-order valence-electron chi connectivity index (χ3n) is 2.67. The van der Waals surface area contributed by atoms with Gasteiger partial charge < -0.3 is 4.74 Å². The molecule has 1 amide bonds. The maximum absolute atomic E-state index is 13.4. The fourth-order valence-corrected chi connectivity index (χ4v) is 1.89. The van der Waals surface area contributed by atoms with Crippen molar-refractivity contribution in [1.29, 1.82) is 0 Å². The molecular weight excluding hydrogens is 311 g/mol. The summed E-state index contributed by atoms with van der Waals surface area (Å²) in [5.74, 6) is 0. The quantitative estimate of drug-likeness (QED) is 0.897. The van der Waals surface area contributed by atoms with Gasteiger partial charge in [-0.2, -0.15) is 18.3 Å². The molecule has 0 unspecified atom stereocenters. The van der Waals surface area contributed by atoms with Crippen molar-refractivity contribution in [3.63, 3.8) is 0 Å². The van der Waals surface area contributed by atoms with Crippen molar-refractivity contribution in [1.82, 2.24) is 9.78 Å². The van der Waals surface area contributed by atoms with Crippen molar-refractivity contribution in [2.45, 2.75) is 32.5 Å². The topological polar surface area (TPSA) is 56.1 Å². The lowest BCUT2D eigenvalue weighted by Gasteiger charge is -2.20. The Bertz CT molecular complexity index is 688. The lowest BCUT2D eigenvalue weighted by molar-refractivity contribution is -0.142. The molecule has 0 aliphatic heterocycles. The molecule has 5 nitrogen and oxygen atoms in total. The summed E-state index contributed by atoms with van der Waals surface area (Å²) < 4.78 is 45.8. The van der Waals surface area contributed by atoms with Crippen molar-refractivity contribution >= 4 is 11.8 Å². The first-order valence-electron chi connectivity index (χ1n) is 6.78. The molecule has 23 heavy (non-hydrogen) atoms. The summed E-state index contributed by atoms with van der Waals surface area (Å²) in [6.45, 7) is 4.85. The van der Waals surface area contributed by atoms with E-state index in [2.05, 4.69) is 10.4 Å². The summed E-state index contributed by atoms with van der Waals surface area (Å²) in [5, 5.41) is 5.83. The first kappa shape index (κ1) is 16.9. The second kappa shape index (κ2) is 5.94. The maximum Gasteiger partial charge on any atom is 0.435 e. The van der Waals surface area contributed by atoms with Gasteiger partial charge in [-0.15, -0.1) is 0 Å². The van der Waals surface area contributed by atoms with E-state index in [-0.39, 0.29) is 5.69 Å². The van der Waals surface area contributed by atoms with Crippen LogP contribution in [0.5, 0.6) is 0 Å². The number of para-hydroxylation sites is 1. The fourth-order valence-electron chi connectivity index (χ4n) is 1.89. The van der Waals surface area contributed by atoms with Crippen LogP contribution in [0.25, 0.3) is 5.69 Å². The van der Waals surface area contributed by atoms with Crippen LogP contribution in [0.2, 0.25) is 0 Å². The number of nitrogens with zero attached hydrogens (tertiary/aromatic N) is 2. The van der Waals surface area contributed by atoms with Crippen LogP contribution in [0.1, 0.15) is 26.5 Å². The van der Waals surface area contributed by atoms with E-state index < -0.39 is 29.3 Å². The van der Waals surface area contributed by atoms with Crippen LogP contribution >= 0.6 is 0 Å². The van der Waals surface area contributed by atoms with Gasteiger partial charge in [-0.3, -0.25) is 5.32 Å². The highest BCUT2D eigenvalue weighted by Crippen LogP contribution is 2.36. The van der Waals surface area contributed by atoms with E-state index in [4.69, 9.17) is 4.74 Å². The monoisotopic (exact) mass is 327 g/mol. The van der Waals surface area contributed by atoms with Gasteiger partial charge >= 0.3 is 12.3 Å². The lowest BCUT2D eigenvalue weighted by atomic mass is 10.2. The van der Waals surface area contributed by atoms with E-state index in [0.717, 1.165) is 10.9 Å². The molecule has 1 aromatic heterocycles. The molecular formula is C15H16F3N3O2. The number of carbonyl (C=O) groups is 1. The Labute approximate surface area is 131 Å². The normalized spacial score (nSPS) is 12.1. The highest BCUT2D eigenvalue weighted by Gasteiger charge is 2.39. The highest BCUT2D eigenvalue weighted by molar-refractivity contribution is 5.85. The number of amides is 1. The molecule has 1 heterocycles. The molecule has 0 atom stereocenters. The van der Waals surface area contributed by atoms with Gasteiger partial charge in [-0.1, -0.05) is 18.2 Å². The summed E-state index contributed by atoms with van der Waals surface area (Å²) in [4.78, 5) is 11.7. The fraction of sp³-hybridized carbons (Fsp3) is 0.333. The van der Waals surface area contributed by atoms with Gasteiger partial charge in [-0.05, 0) is 32.9 Å². The Balaban J connectivity index is 2.38. The molecule has 0 spiro atoms. The Morgan fingerprint density at radius 2 is 1.78 bits per heavy atom. The third-order valence-corrected chi connectivity index (χ3v) is 2.67. The minimum Gasteiger partial charge on any atom is -0.444 e. The van der Waals surface area contributed by atoms with E-state index in [1.807, 2.05) is 0 Å². The number of nitrogens with one attached hydrogen (secondary N) is 1. The Morgan fingerprint density at radius 3 is 2.30 bits per heavy atom. The molecule has 1 N–H and O–H groups in total. The van der Waals surface area contributed by atoms with Gasteiger partial charge in [0, 0.05) is 0 Å². The second-order valence-corrected chi connectivity index (χ2v) is 5.78. The predicted octanol–water partition coefficient (Wildman–Crippen LogP) is 4.24. The summed E-state index contributed by atoms with van der Waals surface area (Å²) in [5.41, 5.74) is -2.13. The molecule has 0 aliphatic rings. The number of alkyl halides is 3. The predicted molar refractivity (Wildman–Crippen MR) is 78.4 cm³/mol. The van der Waals surface area contributed by atoms with Crippen LogP contribution < -0.4 is 5.32 Å². The summed E-state index contributed by atoms with van der Waals surface area (Å²) in [6, 6.07) is 7.84. The number of aromatic nitrogens is 2. The number of carbonyl (C=O) groups excluding carboxylic acids is 1. The molecule has 1 aromatic carbocycles. The highest BCUT2D eigenvalue weighted by atomic mass is 19.4. The van der Waals surface area contributed by atoms with E-state index in [1.165, 1.54) is 12.1 Å². The zero-order valence-electron chi connectivity index (χ0n) is 12.8. The van der Waals surface area contributed by atoms with Crippen LogP contribution in [0.15, 0.2) is 36.5 Å². The van der Waals surface area contributed by atoms with E-state index in [1.54, 1.807) is 39.0 Å². The number of anilines is 1. The Hall–Kier alpha value is -2.51. The molecule has 2 aromatic rings. The number of ether oxygens (including phenoxy) is 1.